The Kier molecular flexibility index (Phi) is 4.60. The summed E-state index contributed by atoms with van der Waals surface area (Å²) in [6.45, 7) is 2.97. The summed E-state index contributed by atoms with van der Waals surface area (Å²) in [5.41, 5.74) is 0. The molecule has 0 aromatic carbocycles. The zero-order valence-electron chi connectivity index (χ0n) is 10.8. The summed E-state index contributed by atoms with van der Waals surface area (Å²) < 4.78 is 2.03. The van der Waals surface area contributed by atoms with E-state index in [2.05, 4.69) is 11.9 Å². The van der Waals surface area contributed by atoms with Crippen molar-refractivity contribution in [3.8, 4) is 0 Å². The molecule has 0 spiro atoms. The molecule has 0 aliphatic heterocycles. The predicted octanol–water partition coefficient (Wildman–Crippen LogP) is 3.30. The lowest BCUT2D eigenvalue weighted by Gasteiger charge is -2.22. The topological polar surface area (TPSA) is 38.0 Å². The Balaban J connectivity index is 1.82. The van der Waals surface area contributed by atoms with E-state index < -0.39 is 0 Å². The molecular formula is C14H24N2O. The number of aliphatic hydroxyl groups excluding tert-OH is 1. The molecule has 1 unspecified atom stereocenters. The predicted molar refractivity (Wildman–Crippen MR) is 68.7 cm³/mol. The van der Waals surface area contributed by atoms with Gasteiger partial charge in [-0.2, -0.15) is 0 Å². The molecule has 1 N–H and O–H groups in total. The van der Waals surface area contributed by atoms with E-state index in [-0.39, 0.29) is 6.10 Å². The Morgan fingerprint density at radius 2 is 2.18 bits per heavy atom. The van der Waals surface area contributed by atoms with Crippen LogP contribution in [0.1, 0.15) is 63.8 Å². The van der Waals surface area contributed by atoms with E-state index in [1.807, 2.05) is 10.8 Å². The van der Waals surface area contributed by atoms with Gasteiger partial charge < -0.3 is 9.67 Å². The minimum atomic E-state index is -0.383. The molecule has 1 saturated carbocycles. The first-order valence-corrected chi connectivity index (χ1v) is 7.00. The second-order valence-electron chi connectivity index (χ2n) is 5.17. The van der Waals surface area contributed by atoms with Crippen molar-refractivity contribution in [2.75, 3.05) is 0 Å². The van der Waals surface area contributed by atoms with Gasteiger partial charge in [0, 0.05) is 18.9 Å². The van der Waals surface area contributed by atoms with Gasteiger partial charge in [0.05, 0.1) is 0 Å². The fourth-order valence-electron chi connectivity index (χ4n) is 2.88. The molecule has 1 heterocycles. The number of imidazole rings is 1. The van der Waals surface area contributed by atoms with Gasteiger partial charge in [-0.05, 0) is 25.7 Å². The number of aromatic nitrogens is 2. The summed E-state index contributed by atoms with van der Waals surface area (Å²) in [5, 5.41) is 10.2. The van der Waals surface area contributed by atoms with Crippen molar-refractivity contribution in [2.24, 2.45) is 5.92 Å². The summed E-state index contributed by atoms with van der Waals surface area (Å²) in [6, 6.07) is 0. The van der Waals surface area contributed by atoms with E-state index in [4.69, 9.17) is 0 Å². The van der Waals surface area contributed by atoms with Gasteiger partial charge in [0.15, 0.2) is 0 Å². The maximum absolute atomic E-state index is 10.2. The molecule has 1 fully saturated rings. The van der Waals surface area contributed by atoms with Gasteiger partial charge in [-0.1, -0.05) is 32.1 Å². The molecule has 2 rings (SSSR count). The van der Waals surface area contributed by atoms with E-state index in [9.17, 15) is 5.11 Å². The van der Waals surface area contributed by atoms with E-state index in [1.54, 1.807) is 6.20 Å². The molecular weight excluding hydrogens is 212 g/mol. The number of aryl methyl sites for hydroxylation is 1. The van der Waals surface area contributed by atoms with Gasteiger partial charge in [-0.3, -0.25) is 0 Å². The van der Waals surface area contributed by atoms with Gasteiger partial charge in [-0.25, -0.2) is 4.98 Å². The fraction of sp³-hybridized carbons (Fsp3) is 0.786. The zero-order chi connectivity index (χ0) is 12.1. The molecule has 0 radical (unpaired) electrons. The lowest BCUT2D eigenvalue weighted by atomic mass is 9.85. The van der Waals surface area contributed by atoms with Crippen LogP contribution in [0.25, 0.3) is 0 Å². The van der Waals surface area contributed by atoms with Gasteiger partial charge in [0.25, 0.3) is 0 Å². The Morgan fingerprint density at radius 1 is 1.41 bits per heavy atom. The number of rotatable bonds is 5. The number of nitrogens with zero attached hydrogens (tertiary/aromatic N) is 2. The van der Waals surface area contributed by atoms with Crippen molar-refractivity contribution in [2.45, 2.75) is 64.5 Å². The molecule has 17 heavy (non-hydrogen) atoms. The third kappa shape index (κ3) is 3.32. The SMILES string of the molecule is CCn1ccnc1C(O)CCC1CCCCC1. The monoisotopic (exact) mass is 236 g/mol. The van der Waals surface area contributed by atoms with Crippen LogP contribution in [-0.4, -0.2) is 14.7 Å². The summed E-state index contributed by atoms with van der Waals surface area (Å²) in [4.78, 5) is 4.26. The summed E-state index contributed by atoms with van der Waals surface area (Å²) in [5.74, 6) is 1.67. The molecule has 1 aliphatic rings. The van der Waals surface area contributed by atoms with Gasteiger partial charge >= 0.3 is 0 Å². The highest BCUT2D eigenvalue weighted by molar-refractivity contribution is 4.96. The summed E-state index contributed by atoms with van der Waals surface area (Å²) in [6.07, 6.45) is 12.2. The Hall–Kier alpha value is -0.830. The highest BCUT2D eigenvalue weighted by atomic mass is 16.3. The quantitative estimate of drug-likeness (QED) is 0.851. The molecule has 96 valence electrons. The molecule has 1 aliphatic carbocycles. The standard InChI is InChI=1S/C14H24N2O/c1-2-16-11-10-15-14(16)13(17)9-8-12-6-4-3-5-7-12/h10-13,17H,2-9H2,1H3. The van der Waals surface area contributed by atoms with Crippen LogP contribution in [0.15, 0.2) is 12.4 Å². The normalized spacial score (nSPS) is 19.4. The van der Waals surface area contributed by atoms with Crippen LogP contribution in [0.4, 0.5) is 0 Å². The number of hydrogen-bond donors (Lipinski definition) is 1. The minimum Gasteiger partial charge on any atom is -0.385 e. The first-order valence-electron chi connectivity index (χ1n) is 7.00. The first-order chi connectivity index (χ1) is 8.31. The second kappa shape index (κ2) is 6.20. The largest absolute Gasteiger partial charge is 0.385 e. The van der Waals surface area contributed by atoms with Crippen molar-refractivity contribution >= 4 is 0 Å². The lowest BCUT2D eigenvalue weighted by molar-refractivity contribution is 0.138. The van der Waals surface area contributed by atoms with E-state index in [0.717, 1.165) is 31.1 Å². The highest BCUT2D eigenvalue weighted by Crippen LogP contribution is 2.29. The minimum absolute atomic E-state index is 0.383. The van der Waals surface area contributed by atoms with Crippen molar-refractivity contribution in [1.82, 2.24) is 9.55 Å². The van der Waals surface area contributed by atoms with Crippen LogP contribution in [0.3, 0.4) is 0 Å². The fourth-order valence-corrected chi connectivity index (χ4v) is 2.88. The summed E-state index contributed by atoms with van der Waals surface area (Å²) in [7, 11) is 0. The van der Waals surface area contributed by atoms with Gasteiger partial charge in [0.2, 0.25) is 0 Å². The van der Waals surface area contributed by atoms with Crippen LogP contribution in [0.5, 0.6) is 0 Å². The van der Waals surface area contributed by atoms with Gasteiger partial charge in [-0.15, -0.1) is 0 Å². The molecule has 0 amide bonds. The van der Waals surface area contributed by atoms with E-state index in [1.165, 1.54) is 32.1 Å². The van der Waals surface area contributed by atoms with Crippen LogP contribution in [-0.2, 0) is 6.54 Å². The Labute approximate surface area is 104 Å². The maximum Gasteiger partial charge on any atom is 0.137 e. The Bertz CT molecular complexity index is 329. The molecule has 3 nitrogen and oxygen atoms in total. The van der Waals surface area contributed by atoms with Crippen LogP contribution in [0, 0.1) is 5.92 Å². The van der Waals surface area contributed by atoms with Gasteiger partial charge in [0.1, 0.15) is 11.9 Å². The van der Waals surface area contributed by atoms with Crippen molar-refractivity contribution in [1.29, 1.82) is 0 Å². The molecule has 1 atom stereocenters. The van der Waals surface area contributed by atoms with Crippen molar-refractivity contribution < 1.29 is 5.11 Å². The first kappa shape index (κ1) is 12.6. The second-order valence-corrected chi connectivity index (χ2v) is 5.17. The van der Waals surface area contributed by atoms with Crippen LogP contribution < -0.4 is 0 Å². The molecule has 0 saturated heterocycles. The van der Waals surface area contributed by atoms with Crippen molar-refractivity contribution in [3.05, 3.63) is 18.2 Å². The number of aliphatic hydroxyl groups is 1. The van der Waals surface area contributed by atoms with E-state index >= 15 is 0 Å². The van der Waals surface area contributed by atoms with Crippen LogP contribution in [0.2, 0.25) is 0 Å². The zero-order valence-corrected chi connectivity index (χ0v) is 10.8. The maximum atomic E-state index is 10.2. The average Bonchev–Trinajstić information content (AvgIpc) is 2.85. The van der Waals surface area contributed by atoms with E-state index in [0.29, 0.717) is 0 Å². The lowest BCUT2D eigenvalue weighted by Crippen LogP contribution is -2.11. The smallest absolute Gasteiger partial charge is 0.137 e. The van der Waals surface area contributed by atoms with Crippen LogP contribution >= 0.6 is 0 Å². The summed E-state index contributed by atoms with van der Waals surface area (Å²) >= 11 is 0. The average molecular weight is 236 g/mol. The molecule has 0 bridgehead atoms. The Morgan fingerprint density at radius 3 is 2.88 bits per heavy atom. The third-order valence-corrected chi connectivity index (χ3v) is 3.96. The highest BCUT2D eigenvalue weighted by Gasteiger charge is 2.18. The van der Waals surface area contributed by atoms with Crippen molar-refractivity contribution in [3.63, 3.8) is 0 Å². The third-order valence-electron chi connectivity index (χ3n) is 3.96. The molecule has 1 aromatic heterocycles. The molecule has 3 heteroatoms. The number of hydrogen-bond acceptors (Lipinski definition) is 2. The molecule has 1 aromatic rings.